The lowest BCUT2D eigenvalue weighted by molar-refractivity contribution is -0.131. The molecule has 2 aliphatic heterocycles. The van der Waals surface area contributed by atoms with Crippen molar-refractivity contribution in [2.45, 2.75) is 78.2 Å². The number of amides is 1. The van der Waals surface area contributed by atoms with Crippen molar-refractivity contribution in [3.05, 3.63) is 29.1 Å². The fourth-order valence-corrected chi connectivity index (χ4v) is 4.76. The van der Waals surface area contributed by atoms with E-state index in [9.17, 15) is 9.90 Å². The molecule has 2 atom stereocenters. The highest BCUT2D eigenvalue weighted by Gasteiger charge is 2.37. The number of hydrogen-bond donors (Lipinski definition) is 1. The summed E-state index contributed by atoms with van der Waals surface area (Å²) in [4.78, 5) is 17.1. The molecule has 9 heteroatoms. The van der Waals surface area contributed by atoms with E-state index in [1.54, 1.807) is 0 Å². The van der Waals surface area contributed by atoms with Crippen LogP contribution in [-0.2, 0) is 24.3 Å². The van der Waals surface area contributed by atoms with E-state index in [0.717, 1.165) is 23.0 Å². The van der Waals surface area contributed by atoms with Gasteiger partial charge in [-0.15, -0.1) is 10.2 Å². The summed E-state index contributed by atoms with van der Waals surface area (Å²) in [5.41, 5.74) is 2.06. The van der Waals surface area contributed by atoms with Crippen LogP contribution in [-0.4, -0.2) is 77.1 Å². The largest absolute Gasteiger partial charge is 0.392 e. The molecular formula is C21H33N7O2. The van der Waals surface area contributed by atoms with E-state index < -0.39 is 0 Å². The second-order valence-corrected chi connectivity index (χ2v) is 8.85. The molecule has 2 aromatic rings. The Hall–Kier alpha value is -2.26. The van der Waals surface area contributed by atoms with Crippen molar-refractivity contribution in [1.29, 1.82) is 0 Å². The number of likely N-dealkylation sites (tertiary alicyclic amines) is 1. The van der Waals surface area contributed by atoms with Gasteiger partial charge in [0.2, 0.25) is 5.91 Å². The van der Waals surface area contributed by atoms with Gasteiger partial charge in [0.1, 0.15) is 5.82 Å². The summed E-state index contributed by atoms with van der Waals surface area (Å²) in [7, 11) is 0. The normalized spacial score (nSPS) is 22.5. The van der Waals surface area contributed by atoms with Gasteiger partial charge in [-0.25, -0.2) is 0 Å². The van der Waals surface area contributed by atoms with Gasteiger partial charge < -0.3 is 14.6 Å². The number of carbonyl (C=O) groups excluding carboxylic acids is 1. The quantitative estimate of drug-likeness (QED) is 0.786. The molecule has 0 unspecified atom stereocenters. The number of fused-ring (bicyclic) bond motifs is 1. The van der Waals surface area contributed by atoms with Crippen molar-refractivity contribution in [3.8, 4) is 0 Å². The zero-order valence-electron chi connectivity index (χ0n) is 18.5. The van der Waals surface area contributed by atoms with Gasteiger partial charge in [-0.1, -0.05) is 0 Å². The van der Waals surface area contributed by atoms with Crippen molar-refractivity contribution < 1.29 is 9.90 Å². The first-order valence-electron chi connectivity index (χ1n) is 11.0. The highest BCUT2D eigenvalue weighted by Crippen LogP contribution is 2.33. The van der Waals surface area contributed by atoms with E-state index in [0.29, 0.717) is 58.0 Å². The summed E-state index contributed by atoms with van der Waals surface area (Å²) < 4.78 is 4.08. The summed E-state index contributed by atoms with van der Waals surface area (Å²) in [5, 5.41) is 23.6. The SMILES string of the molecule is Cc1cc(C)n(CCC(=O)N2CCc3nnc([C@@H]4C[C@@H](O)CN4C(C)C)n3CC2)n1. The van der Waals surface area contributed by atoms with Gasteiger partial charge in [0.05, 0.1) is 17.8 Å². The molecule has 2 aliphatic rings. The smallest absolute Gasteiger partial charge is 0.224 e. The van der Waals surface area contributed by atoms with E-state index in [4.69, 9.17) is 0 Å². The number of aliphatic hydroxyl groups is 1. The lowest BCUT2D eigenvalue weighted by Gasteiger charge is -2.27. The molecule has 30 heavy (non-hydrogen) atoms. The predicted octanol–water partition coefficient (Wildman–Crippen LogP) is 1.08. The van der Waals surface area contributed by atoms with Crippen LogP contribution in [0.3, 0.4) is 0 Å². The molecule has 0 radical (unpaired) electrons. The van der Waals surface area contributed by atoms with E-state index in [1.165, 1.54) is 0 Å². The monoisotopic (exact) mass is 415 g/mol. The highest BCUT2D eigenvalue weighted by molar-refractivity contribution is 5.76. The lowest BCUT2D eigenvalue weighted by Crippen LogP contribution is -2.35. The molecule has 1 amide bonds. The standard InChI is InChI=1S/C21H33N7O2/c1-14(2)27-13-17(29)12-18(27)21-23-22-19-5-7-25(9-10-26(19)21)20(30)6-8-28-16(4)11-15(3)24-28/h11,14,17-18,29H,5-10,12-13H2,1-4H3/t17-,18+/m1/s1. The third-order valence-corrected chi connectivity index (χ3v) is 6.33. The summed E-state index contributed by atoms with van der Waals surface area (Å²) in [6.45, 7) is 11.6. The van der Waals surface area contributed by atoms with E-state index in [2.05, 4.69) is 38.6 Å². The average Bonchev–Trinajstić information content (AvgIpc) is 3.32. The Balaban J connectivity index is 1.41. The minimum Gasteiger partial charge on any atom is -0.392 e. The van der Waals surface area contributed by atoms with E-state index in [1.807, 2.05) is 29.5 Å². The number of carbonyl (C=O) groups is 1. The molecule has 164 valence electrons. The maximum absolute atomic E-state index is 12.8. The maximum atomic E-state index is 12.8. The van der Waals surface area contributed by atoms with Gasteiger partial charge in [-0.3, -0.25) is 14.4 Å². The first-order valence-corrected chi connectivity index (χ1v) is 11.0. The second-order valence-electron chi connectivity index (χ2n) is 8.85. The Kier molecular flexibility index (Phi) is 5.92. The number of β-amino-alcohol motifs (C(OH)–C–C–N with tert-alkyl or cyclic N) is 1. The molecule has 1 saturated heterocycles. The van der Waals surface area contributed by atoms with Crippen molar-refractivity contribution >= 4 is 5.91 Å². The fraction of sp³-hybridized carbons (Fsp3) is 0.714. The van der Waals surface area contributed by atoms with Gasteiger partial charge in [0.25, 0.3) is 0 Å². The number of hydrogen-bond acceptors (Lipinski definition) is 6. The van der Waals surface area contributed by atoms with Crippen molar-refractivity contribution in [1.82, 2.24) is 34.3 Å². The number of aryl methyl sites for hydroxylation is 3. The molecule has 0 saturated carbocycles. The molecule has 2 aromatic heterocycles. The zero-order valence-corrected chi connectivity index (χ0v) is 18.5. The molecule has 0 spiro atoms. The van der Waals surface area contributed by atoms with Gasteiger partial charge in [-0.2, -0.15) is 5.10 Å². The van der Waals surface area contributed by atoms with E-state index >= 15 is 0 Å². The van der Waals surface area contributed by atoms with Crippen molar-refractivity contribution in [2.75, 3.05) is 19.6 Å². The molecule has 4 rings (SSSR count). The molecule has 4 heterocycles. The Morgan fingerprint density at radius 2 is 2.03 bits per heavy atom. The number of nitrogens with zero attached hydrogens (tertiary/aromatic N) is 7. The van der Waals surface area contributed by atoms with Crippen LogP contribution in [0.15, 0.2) is 6.07 Å². The molecule has 0 aliphatic carbocycles. The predicted molar refractivity (Wildman–Crippen MR) is 112 cm³/mol. The molecular weight excluding hydrogens is 382 g/mol. The molecule has 0 aromatic carbocycles. The average molecular weight is 416 g/mol. The van der Waals surface area contributed by atoms with Crippen molar-refractivity contribution in [2.24, 2.45) is 0 Å². The number of aliphatic hydroxyl groups excluding tert-OH is 1. The van der Waals surface area contributed by atoms with Crippen LogP contribution in [0.4, 0.5) is 0 Å². The molecule has 1 fully saturated rings. The summed E-state index contributed by atoms with van der Waals surface area (Å²) in [6.07, 6.45) is 1.51. The minimum atomic E-state index is -0.330. The first-order chi connectivity index (χ1) is 14.3. The third-order valence-electron chi connectivity index (χ3n) is 6.33. The third kappa shape index (κ3) is 4.13. The maximum Gasteiger partial charge on any atom is 0.224 e. The van der Waals surface area contributed by atoms with Crippen LogP contribution in [0.2, 0.25) is 0 Å². The summed E-state index contributed by atoms with van der Waals surface area (Å²) in [6, 6.07) is 2.44. The highest BCUT2D eigenvalue weighted by atomic mass is 16.3. The Morgan fingerprint density at radius 1 is 1.23 bits per heavy atom. The number of rotatable bonds is 5. The van der Waals surface area contributed by atoms with Crippen molar-refractivity contribution in [3.63, 3.8) is 0 Å². The van der Waals surface area contributed by atoms with Crippen LogP contribution < -0.4 is 0 Å². The Morgan fingerprint density at radius 3 is 2.73 bits per heavy atom. The Labute approximate surface area is 177 Å². The van der Waals surface area contributed by atoms with Gasteiger partial charge in [0.15, 0.2) is 5.82 Å². The van der Waals surface area contributed by atoms with Crippen LogP contribution >= 0.6 is 0 Å². The van der Waals surface area contributed by atoms with Crippen LogP contribution in [0.5, 0.6) is 0 Å². The summed E-state index contributed by atoms with van der Waals surface area (Å²) >= 11 is 0. The zero-order chi connectivity index (χ0) is 21.4. The van der Waals surface area contributed by atoms with Gasteiger partial charge in [0, 0.05) is 57.3 Å². The molecule has 0 bridgehead atoms. The second kappa shape index (κ2) is 8.47. The van der Waals surface area contributed by atoms with Crippen LogP contribution in [0.1, 0.15) is 55.8 Å². The Bertz CT molecular complexity index is 903. The van der Waals surface area contributed by atoms with E-state index in [-0.39, 0.29) is 18.1 Å². The summed E-state index contributed by atoms with van der Waals surface area (Å²) in [5.74, 6) is 2.01. The van der Waals surface area contributed by atoms with Crippen LogP contribution in [0.25, 0.3) is 0 Å². The minimum absolute atomic E-state index is 0.0783. The van der Waals surface area contributed by atoms with Gasteiger partial charge >= 0.3 is 0 Å². The molecule has 9 nitrogen and oxygen atoms in total. The van der Waals surface area contributed by atoms with Gasteiger partial charge in [-0.05, 0) is 40.2 Å². The first kappa shape index (κ1) is 21.0. The molecule has 1 N–H and O–H groups in total. The fourth-order valence-electron chi connectivity index (χ4n) is 4.76. The lowest BCUT2D eigenvalue weighted by atomic mass is 10.1. The topological polar surface area (TPSA) is 92.3 Å². The number of aromatic nitrogens is 5. The van der Waals surface area contributed by atoms with Crippen LogP contribution in [0, 0.1) is 13.8 Å².